The van der Waals surface area contributed by atoms with Gasteiger partial charge in [-0.05, 0) is 99.9 Å². The number of carbonyl (C=O) groups is 3. The summed E-state index contributed by atoms with van der Waals surface area (Å²) in [6.45, 7) is 5.12. The van der Waals surface area contributed by atoms with Crippen LogP contribution in [-0.4, -0.2) is 51.8 Å². The monoisotopic (exact) mass is 652 g/mol. The maximum absolute atomic E-state index is 12.8. The van der Waals surface area contributed by atoms with Crippen molar-refractivity contribution in [1.82, 2.24) is 14.5 Å². The van der Waals surface area contributed by atoms with Gasteiger partial charge in [-0.2, -0.15) is 0 Å². The number of aryl methyl sites for hydroxylation is 2. The Morgan fingerprint density at radius 3 is 1.87 bits per heavy atom. The topological polar surface area (TPSA) is 185 Å². The molecule has 13 nitrogen and oxygen atoms in total. The van der Waals surface area contributed by atoms with E-state index in [-0.39, 0.29) is 29.2 Å². The van der Waals surface area contributed by atoms with Crippen molar-refractivity contribution in [3.63, 3.8) is 0 Å². The Labute approximate surface area is 274 Å². The van der Waals surface area contributed by atoms with Gasteiger partial charge in [0.05, 0.1) is 6.61 Å². The SMILES string of the molecule is CC(=O)NCCCn1c2c(cc(C(=O)O)c1=O)CCCCCC2.CCOC(=O)c1cc2c(n(CCCN=[N+]=[N-])c1=O)CCCCCC2. The highest BCUT2D eigenvalue weighted by atomic mass is 16.5. The van der Waals surface area contributed by atoms with Crippen molar-refractivity contribution < 1.29 is 24.2 Å². The molecule has 2 aliphatic carbocycles. The molecule has 256 valence electrons. The van der Waals surface area contributed by atoms with E-state index < -0.39 is 17.5 Å². The molecule has 1 amide bonds. The van der Waals surface area contributed by atoms with Crippen molar-refractivity contribution in [3.8, 4) is 0 Å². The molecule has 0 spiro atoms. The number of aromatic nitrogens is 2. The van der Waals surface area contributed by atoms with Crippen molar-refractivity contribution in [2.24, 2.45) is 5.11 Å². The Morgan fingerprint density at radius 1 is 0.851 bits per heavy atom. The number of ether oxygens (including phenoxy) is 1. The number of carboxylic acid groups (broad SMARTS) is 1. The lowest BCUT2D eigenvalue weighted by Crippen LogP contribution is -2.32. The van der Waals surface area contributed by atoms with Crippen molar-refractivity contribution in [3.05, 3.63) is 76.9 Å². The molecule has 2 aromatic heterocycles. The van der Waals surface area contributed by atoms with Crippen LogP contribution < -0.4 is 16.4 Å². The number of hydrogen-bond acceptors (Lipinski definition) is 7. The summed E-state index contributed by atoms with van der Waals surface area (Å²) in [5, 5.41) is 15.5. The molecule has 0 unspecified atom stereocenters. The van der Waals surface area contributed by atoms with E-state index in [1.807, 2.05) is 0 Å². The molecule has 4 rings (SSSR count). The van der Waals surface area contributed by atoms with Crippen LogP contribution in [0.3, 0.4) is 0 Å². The number of fused-ring (bicyclic) bond motifs is 2. The Kier molecular flexibility index (Phi) is 15.2. The van der Waals surface area contributed by atoms with Crippen LogP contribution in [0.4, 0.5) is 0 Å². The van der Waals surface area contributed by atoms with Crippen molar-refractivity contribution >= 4 is 17.8 Å². The lowest BCUT2D eigenvalue weighted by Gasteiger charge is -2.20. The zero-order valence-corrected chi connectivity index (χ0v) is 27.7. The first-order chi connectivity index (χ1) is 22.7. The van der Waals surface area contributed by atoms with Crippen molar-refractivity contribution in [2.45, 2.75) is 117 Å². The first-order valence-corrected chi connectivity index (χ1v) is 16.9. The van der Waals surface area contributed by atoms with E-state index in [0.29, 0.717) is 39.0 Å². The molecule has 0 saturated heterocycles. The average Bonchev–Trinajstić information content (AvgIpc) is 3.00. The molecular weight excluding hydrogens is 604 g/mol. The number of hydrogen-bond donors (Lipinski definition) is 2. The first kappa shape index (κ1) is 37.1. The summed E-state index contributed by atoms with van der Waals surface area (Å²) in [4.78, 5) is 62.4. The molecule has 0 saturated carbocycles. The Bertz CT molecular complexity index is 1570. The predicted molar refractivity (Wildman–Crippen MR) is 178 cm³/mol. The predicted octanol–water partition coefficient (Wildman–Crippen LogP) is 5.12. The minimum Gasteiger partial charge on any atom is -0.477 e. The maximum Gasteiger partial charge on any atom is 0.343 e. The third-order valence-electron chi connectivity index (χ3n) is 8.56. The largest absolute Gasteiger partial charge is 0.477 e. The minimum absolute atomic E-state index is 0.105. The fraction of sp³-hybridized carbons (Fsp3) is 0.618. The number of rotatable bonds is 11. The first-order valence-electron chi connectivity index (χ1n) is 16.9. The average molecular weight is 653 g/mol. The smallest absolute Gasteiger partial charge is 0.343 e. The second-order valence-electron chi connectivity index (χ2n) is 12.0. The maximum atomic E-state index is 12.8. The summed E-state index contributed by atoms with van der Waals surface area (Å²) in [5.41, 5.74) is 11.7. The summed E-state index contributed by atoms with van der Waals surface area (Å²) in [5.74, 6) is -1.83. The zero-order chi connectivity index (χ0) is 34.2. The number of amides is 1. The van der Waals surface area contributed by atoms with E-state index in [4.69, 9.17) is 10.3 Å². The summed E-state index contributed by atoms with van der Waals surface area (Å²) >= 11 is 0. The fourth-order valence-electron chi connectivity index (χ4n) is 6.30. The lowest BCUT2D eigenvalue weighted by molar-refractivity contribution is -0.118. The quantitative estimate of drug-likeness (QED) is 0.111. The van der Waals surface area contributed by atoms with Crippen LogP contribution in [0.1, 0.15) is 121 Å². The summed E-state index contributed by atoms with van der Waals surface area (Å²) < 4.78 is 8.35. The van der Waals surface area contributed by atoms with Gasteiger partial charge >= 0.3 is 11.9 Å². The van der Waals surface area contributed by atoms with Gasteiger partial charge in [0.1, 0.15) is 11.1 Å². The number of nitrogens with zero attached hydrogens (tertiary/aromatic N) is 5. The molecule has 0 fully saturated rings. The third kappa shape index (κ3) is 10.8. The van der Waals surface area contributed by atoms with Crippen molar-refractivity contribution in [1.29, 1.82) is 0 Å². The van der Waals surface area contributed by atoms with Crippen LogP contribution in [-0.2, 0) is 48.3 Å². The minimum atomic E-state index is -1.17. The van der Waals surface area contributed by atoms with Gasteiger partial charge in [0.2, 0.25) is 5.91 Å². The molecule has 2 aromatic rings. The number of azide groups is 1. The zero-order valence-electron chi connectivity index (χ0n) is 27.7. The molecular formula is C34H48N6O7. The van der Waals surface area contributed by atoms with E-state index in [2.05, 4.69) is 15.3 Å². The van der Waals surface area contributed by atoms with Gasteiger partial charge < -0.3 is 24.3 Å². The van der Waals surface area contributed by atoms with Crippen LogP contribution in [0.15, 0.2) is 26.8 Å². The number of aromatic carboxylic acids is 1. The van der Waals surface area contributed by atoms with E-state index >= 15 is 0 Å². The van der Waals surface area contributed by atoms with Crippen molar-refractivity contribution in [2.75, 3.05) is 19.7 Å². The highest BCUT2D eigenvalue weighted by Gasteiger charge is 2.21. The number of carbonyl (C=O) groups excluding carboxylic acids is 2. The highest BCUT2D eigenvalue weighted by molar-refractivity contribution is 5.89. The normalized spacial score (nSPS) is 14.3. The van der Waals surface area contributed by atoms with E-state index in [0.717, 1.165) is 93.1 Å². The molecule has 0 atom stereocenters. The molecule has 0 aromatic carbocycles. The Morgan fingerprint density at radius 2 is 1.36 bits per heavy atom. The van der Waals surface area contributed by atoms with Gasteiger partial charge in [0, 0.05) is 49.4 Å². The summed E-state index contributed by atoms with van der Waals surface area (Å²) in [6, 6.07) is 3.29. The fourth-order valence-corrected chi connectivity index (χ4v) is 6.30. The number of esters is 1. The highest BCUT2D eigenvalue weighted by Crippen LogP contribution is 2.22. The molecule has 0 bridgehead atoms. The number of carboxylic acids is 1. The molecule has 2 heterocycles. The van der Waals surface area contributed by atoms with E-state index in [1.54, 1.807) is 28.2 Å². The van der Waals surface area contributed by atoms with Crippen LogP contribution in [0.25, 0.3) is 10.4 Å². The molecule has 2 N–H and O–H groups in total. The molecule has 13 heteroatoms. The van der Waals surface area contributed by atoms with Crippen LogP contribution in [0.2, 0.25) is 0 Å². The van der Waals surface area contributed by atoms with Gasteiger partial charge in [0.15, 0.2) is 0 Å². The third-order valence-corrected chi connectivity index (χ3v) is 8.56. The lowest BCUT2D eigenvalue weighted by atomic mass is 9.95. The molecule has 0 radical (unpaired) electrons. The molecule has 47 heavy (non-hydrogen) atoms. The van der Waals surface area contributed by atoms with E-state index in [1.165, 1.54) is 13.3 Å². The Balaban J connectivity index is 0.000000256. The van der Waals surface area contributed by atoms with Crippen LogP contribution in [0, 0.1) is 0 Å². The Hall–Kier alpha value is -4.38. The van der Waals surface area contributed by atoms with E-state index in [9.17, 15) is 29.1 Å². The van der Waals surface area contributed by atoms with Crippen LogP contribution >= 0.6 is 0 Å². The number of nitrogens with one attached hydrogen (secondary N) is 1. The van der Waals surface area contributed by atoms with Crippen LogP contribution in [0.5, 0.6) is 0 Å². The van der Waals surface area contributed by atoms with Gasteiger partial charge in [0.25, 0.3) is 11.1 Å². The van der Waals surface area contributed by atoms with Gasteiger partial charge in [-0.15, -0.1) is 0 Å². The standard InChI is InChI=1S/C17H24N4O3.C17H24N2O4/c1-2-24-17(23)14-12-13-8-5-3-4-6-9-15(13)21(16(14)22)11-7-10-19-20-18;1-12(20)18-9-6-10-19-15-8-5-3-2-4-7-13(15)11-14(16(19)21)17(22)23/h12H,2-11H2,1H3;11H,2-10H2,1H3,(H,18,20)(H,22,23). The molecule has 2 aliphatic rings. The molecule has 0 aliphatic heterocycles. The summed E-state index contributed by atoms with van der Waals surface area (Å²) in [6.07, 6.45) is 13.3. The van der Waals surface area contributed by atoms with Gasteiger partial charge in [-0.3, -0.25) is 14.4 Å². The van der Waals surface area contributed by atoms with Gasteiger partial charge in [-0.1, -0.05) is 30.8 Å². The second-order valence-corrected chi connectivity index (χ2v) is 12.0. The number of pyridine rings is 2. The van der Waals surface area contributed by atoms with Gasteiger partial charge in [-0.25, -0.2) is 9.59 Å². The summed E-state index contributed by atoms with van der Waals surface area (Å²) in [7, 11) is 0. The second kappa shape index (κ2) is 19.3.